The Morgan fingerprint density at radius 2 is 2.17 bits per heavy atom. The second kappa shape index (κ2) is 3.12. The third kappa shape index (κ3) is 2.89. The standard InChI is InChI=1S/C6H9F3N3/c1-11-4-10-12(5-11)3-2-6(7,8)9/h4-5H,2-3H2,1H3/q+1. The van der Waals surface area contributed by atoms with Crippen LogP contribution in [0, 0.1) is 0 Å². The fourth-order valence-electron chi connectivity index (χ4n) is 0.774. The maximum absolute atomic E-state index is 11.7. The van der Waals surface area contributed by atoms with Gasteiger partial charge in [0.2, 0.25) is 6.33 Å². The van der Waals surface area contributed by atoms with E-state index in [1.807, 2.05) is 0 Å². The Hall–Kier alpha value is -1.07. The lowest BCUT2D eigenvalue weighted by Gasteiger charge is -2.01. The second-order valence-corrected chi connectivity index (χ2v) is 2.54. The third-order valence-corrected chi connectivity index (χ3v) is 1.32. The lowest BCUT2D eigenvalue weighted by atomic mass is 10.4. The van der Waals surface area contributed by atoms with E-state index in [2.05, 4.69) is 5.10 Å². The van der Waals surface area contributed by atoms with Crippen LogP contribution in [0.5, 0.6) is 0 Å². The van der Waals surface area contributed by atoms with Gasteiger partial charge in [-0.1, -0.05) is 0 Å². The molecule has 0 N–H and O–H groups in total. The van der Waals surface area contributed by atoms with Gasteiger partial charge in [0, 0.05) is 5.10 Å². The van der Waals surface area contributed by atoms with E-state index in [1.54, 1.807) is 11.6 Å². The van der Waals surface area contributed by atoms with Gasteiger partial charge in [0.15, 0.2) is 0 Å². The van der Waals surface area contributed by atoms with Crippen molar-refractivity contribution in [1.82, 2.24) is 9.78 Å². The second-order valence-electron chi connectivity index (χ2n) is 2.54. The predicted molar refractivity (Wildman–Crippen MR) is 34.1 cm³/mol. The summed E-state index contributed by atoms with van der Waals surface area (Å²) in [4.78, 5) is 0. The molecule has 1 aromatic heterocycles. The lowest BCUT2D eigenvalue weighted by molar-refractivity contribution is -0.672. The normalized spacial score (nSPS) is 12.0. The molecule has 0 aliphatic heterocycles. The summed E-state index contributed by atoms with van der Waals surface area (Å²) in [6.45, 7) is -0.121. The molecular formula is C6H9F3N3+. The molecule has 0 saturated carbocycles. The summed E-state index contributed by atoms with van der Waals surface area (Å²) < 4.78 is 38.0. The van der Waals surface area contributed by atoms with Gasteiger partial charge in [0.25, 0.3) is 6.33 Å². The van der Waals surface area contributed by atoms with Crippen LogP contribution in [0.15, 0.2) is 12.7 Å². The molecule has 0 bridgehead atoms. The maximum atomic E-state index is 11.7. The molecule has 0 fully saturated rings. The molecule has 6 heteroatoms. The van der Waals surface area contributed by atoms with Crippen LogP contribution in [0.1, 0.15) is 6.42 Å². The fourth-order valence-corrected chi connectivity index (χ4v) is 0.774. The molecule has 0 saturated heterocycles. The summed E-state index contributed by atoms with van der Waals surface area (Å²) in [5.41, 5.74) is 0. The molecule has 1 aromatic rings. The first-order valence-electron chi connectivity index (χ1n) is 3.42. The minimum atomic E-state index is -4.11. The molecule has 0 spiro atoms. The van der Waals surface area contributed by atoms with Crippen LogP contribution in [-0.2, 0) is 13.6 Å². The highest BCUT2D eigenvalue weighted by atomic mass is 19.4. The molecule has 0 unspecified atom stereocenters. The number of rotatable bonds is 2. The number of hydrogen-bond acceptors (Lipinski definition) is 1. The topological polar surface area (TPSA) is 21.7 Å². The molecular weight excluding hydrogens is 171 g/mol. The van der Waals surface area contributed by atoms with Crippen LogP contribution < -0.4 is 4.57 Å². The number of hydrogen-bond donors (Lipinski definition) is 0. The molecule has 0 atom stereocenters. The van der Waals surface area contributed by atoms with Crippen LogP contribution in [0.4, 0.5) is 13.2 Å². The summed E-state index contributed by atoms with van der Waals surface area (Å²) in [5.74, 6) is 0. The van der Waals surface area contributed by atoms with Gasteiger partial charge >= 0.3 is 6.18 Å². The zero-order chi connectivity index (χ0) is 9.19. The summed E-state index contributed by atoms with van der Waals surface area (Å²) in [6, 6.07) is 0. The largest absolute Gasteiger partial charge is 0.392 e. The quantitative estimate of drug-likeness (QED) is 0.613. The van der Waals surface area contributed by atoms with Crippen LogP contribution >= 0.6 is 0 Å². The van der Waals surface area contributed by atoms with Crippen molar-refractivity contribution in [2.75, 3.05) is 0 Å². The lowest BCUT2D eigenvalue weighted by Crippen LogP contribution is -2.24. The van der Waals surface area contributed by atoms with E-state index in [0.717, 1.165) is 0 Å². The Morgan fingerprint density at radius 3 is 2.58 bits per heavy atom. The Balaban J connectivity index is 2.44. The molecule has 68 valence electrons. The van der Waals surface area contributed by atoms with E-state index in [4.69, 9.17) is 0 Å². The minimum Gasteiger partial charge on any atom is -0.240 e. The molecule has 3 nitrogen and oxygen atoms in total. The molecule has 0 amide bonds. The molecule has 0 aliphatic carbocycles. The number of nitrogens with zero attached hydrogens (tertiary/aromatic N) is 3. The van der Waals surface area contributed by atoms with E-state index in [0.29, 0.717) is 0 Å². The molecule has 0 aliphatic rings. The molecule has 0 aromatic carbocycles. The van der Waals surface area contributed by atoms with E-state index in [1.165, 1.54) is 17.3 Å². The summed E-state index contributed by atoms with van der Waals surface area (Å²) in [6.07, 6.45) is -1.98. The van der Waals surface area contributed by atoms with E-state index in [9.17, 15) is 13.2 Å². The van der Waals surface area contributed by atoms with Crippen LogP contribution in [0.25, 0.3) is 0 Å². The number of alkyl halides is 3. The Labute approximate surface area is 67.4 Å². The zero-order valence-electron chi connectivity index (χ0n) is 6.54. The van der Waals surface area contributed by atoms with Gasteiger partial charge < -0.3 is 0 Å². The Kier molecular flexibility index (Phi) is 2.35. The predicted octanol–water partition coefficient (Wildman–Crippen LogP) is 0.660. The number of halogens is 3. The van der Waals surface area contributed by atoms with Crippen LogP contribution in [-0.4, -0.2) is 16.0 Å². The van der Waals surface area contributed by atoms with Gasteiger partial charge in [0.1, 0.15) is 6.54 Å². The Morgan fingerprint density at radius 1 is 1.50 bits per heavy atom. The summed E-state index contributed by atoms with van der Waals surface area (Å²) >= 11 is 0. The summed E-state index contributed by atoms with van der Waals surface area (Å²) in [5, 5.41) is 3.70. The smallest absolute Gasteiger partial charge is 0.240 e. The monoisotopic (exact) mass is 180 g/mol. The SMILES string of the molecule is C[n+]1cnn(CCC(F)(F)F)c1. The highest BCUT2D eigenvalue weighted by Gasteiger charge is 2.28. The van der Waals surface area contributed by atoms with Gasteiger partial charge in [0.05, 0.1) is 13.5 Å². The summed E-state index contributed by atoms with van der Waals surface area (Å²) in [7, 11) is 1.71. The molecule has 1 rings (SSSR count). The highest BCUT2D eigenvalue weighted by Crippen LogP contribution is 2.19. The van der Waals surface area contributed by atoms with Crippen molar-refractivity contribution in [2.45, 2.75) is 19.1 Å². The molecule has 1 heterocycles. The first-order chi connectivity index (χ1) is 5.47. The van der Waals surface area contributed by atoms with Crippen molar-refractivity contribution in [3.05, 3.63) is 12.7 Å². The van der Waals surface area contributed by atoms with Gasteiger partial charge in [-0.15, -0.1) is 4.68 Å². The van der Waals surface area contributed by atoms with Crippen molar-refractivity contribution in [1.29, 1.82) is 0 Å². The molecule has 12 heavy (non-hydrogen) atoms. The number of aryl methyl sites for hydroxylation is 2. The van der Waals surface area contributed by atoms with Gasteiger partial charge in [-0.3, -0.25) is 0 Å². The average Bonchev–Trinajstić information content (AvgIpc) is 2.30. The average molecular weight is 180 g/mol. The number of aromatic nitrogens is 3. The van der Waals surface area contributed by atoms with Crippen molar-refractivity contribution < 1.29 is 17.7 Å². The highest BCUT2D eigenvalue weighted by molar-refractivity contribution is 4.52. The fraction of sp³-hybridized carbons (Fsp3) is 0.667. The van der Waals surface area contributed by atoms with Gasteiger partial charge in [-0.25, -0.2) is 4.57 Å². The zero-order valence-corrected chi connectivity index (χ0v) is 6.54. The van der Waals surface area contributed by atoms with Crippen molar-refractivity contribution in [3.63, 3.8) is 0 Å². The van der Waals surface area contributed by atoms with Crippen LogP contribution in [0.3, 0.4) is 0 Å². The van der Waals surface area contributed by atoms with E-state index >= 15 is 0 Å². The van der Waals surface area contributed by atoms with E-state index < -0.39 is 12.6 Å². The van der Waals surface area contributed by atoms with Crippen LogP contribution in [0.2, 0.25) is 0 Å². The van der Waals surface area contributed by atoms with E-state index in [-0.39, 0.29) is 6.54 Å². The molecule has 0 radical (unpaired) electrons. The van der Waals surface area contributed by atoms with Gasteiger partial charge in [-0.2, -0.15) is 13.2 Å². The first-order valence-corrected chi connectivity index (χ1v) is 3.42. The first kappa shape index (κ1) is 9.02. The van der Waals surface area contributed by atoms with Crippen molar-refractivity contribution in [2.24, 2.45) is 7.05 Å². The van der Waals surface area contributed by atoms with Crippen molar-refractivity contribution >= 4 is 0 Å². The van der Waals surface area contributed by atoms with Gasteiger partial charge in [-0.05, 0) is 0 Å². The van der Waals surface area contributed by atoms with Crippen molar-refractivity contribution in [3.8, 4) is 0 Å². The maximum Gasteiger partial charge on any atom is 0.392 e. The Bertz CT molecular complexity index is 253. The third-order valence-electron chi connectivity index (χ3n) is 1.32. The minimum absolute atomic E-state index is 0.121.